The molecule has 0 aromatic carbocycles. The number of aliphatic hydroxyl groups excluding tert-OH is 1. The second-order valence-corrected chi connectivity index (χ2v) is 6.35. The number of carboxylic acids is 1. The van der Waals surface area contributed by atoms with Crippen molar-refractivity contribution in [2.75, 3.05) is 0 Å². The first kappa shape index (κ1) is 22.9. The zero-order valence-electron chi connectivity index (χ0n) is 15.2. The maximum atomic E-state index is 10.8. The van der Waals surface area contributed by atoms with Gasteiger partial charge in [-0.1, -0.05) is 84.0 Å². The molecule has 3 N–H and O–H groups in total. The van der Waals surface area contributed by atoms with Crippen LogP contribution >= 0.6 is 0 Å². The Kier molecular flexibility index (Phi) is 16.0. The van der Waals surface area contributed by atoms with Crippen molar-refractivity contribution in [2.45, 2.75) is 103 Å². The van der Waals surface area contributed by atoms with Crippen LogP contribution in [-0.4, -0.2) is 27.8 Å². The van der Waals surface area contributed by atoms with Crippen LogP contribution in [0.4, 0.5) is 0 Å². The summed E-state index contributed by atoms with van der Waals surface area (Å²) in [6.07, 6.45) is 18.5. The van der Waals surface area contributed by atoms with Crippen LogP contribution in [0.1, 0.15) is 96.8 Å². The summed E-state index contributed by atoms with van der Waals surface area (Å²) in [5.74, 6) is -1.68. The number of carboxylic acid groups (broad SMARTS) is 1. The third-order valence-corrected chi connectivity index (χ3v) is 4.08. The predicted molar refractivity (Wildman–Crippen MR) is 95.3 cm³/mol. The molecule has 24 heavy (non-hydrogen) atoms. The van der Waals surface area contributed by atoms with Crippen LogP contribution in [0.5, 0.6) is 0 Å². The number of hydrogen-bond donors (Lipinski definition) is 3. The third kappa shape index (κ3) is 15.8. The Hall–Kier alpha value is -1.07. The molecule has 0 amide bonds. The van der Waals surface area contributed by atoms with Crippen molar-refractivity contribution >= 4 is 5.97 Å². The Morgan fingerprint density at radius 3 is 1.62 bits per heavy atom. The lowest BCUT2D eigenvalue weighted by atomic mass is 10.0. The Balaban J connectivity index is 3.39. The molecule has 5 nitrogen and oxygen atoms in total. The number of unbranched alkanes of at least 4 members (excludes halogenated alkanes) is 13. The van der Waals surface area contributed by atoms with Crippen molar-refractivity contribution in [3.05, 3.63) is 11.8 Å². The van der Waals surface area contributed by atoms with E-state index in [1.165, 1.54) is 70.3 Å². The number of aliphatic carboxylic acids is 1. The van der Waals surface area contributed by atoms with Crippen LogP contribution in [0.15, 0.2) is 11.8 Å². The zero-order valence-corrected chi connectivity index (χ0v) is 15.2. The predicted octanol–water partition coefficient (Wildman–Crippen LogP) is 4.72. The Labute approximate surface area is 146 Å². The molecular formula is C19H36O5. The highest BCUT2D eigenvalue weighted by molar-refractivity contribution is 5.84. The van der Waals surface area contributed by atoms with E-state index in [0.717, 1.165) is 19.3 Å². The average molecular weight is 344 g/mol. The molecule has 0 aromatic heterocycles. The molecule has 0 saturated carbocycles. The Bertz CT molecular complexity index is 326. The second kappa shape index (κ2) is 16.8. The quantitative estimate of drug-likeness (QED) is 0.154. The normalized spacial score (nSPS) is 11.9. The first-order valence-electron chi connectivity index (χ1n) is 9.54. The summed E-state index contributed by atoms with van der Waals surface area (Å²) in [6, 6.07) is 0. The van der Waals surface area contributed by atoms with E-state index >= 15 is 0 Å². The standard InChI is InChI=1S/C19H36O5/c1-2-3-4-5-6-7-8-9-10-11-12-13-14-15-16-17(18(20)21)24-19(22)23/h16,19,22-23H,2-15H2,1H3,(H,20,21). The molecule has 0 radical (unpaired) electrons. The summed E-state index contributed by atoms with van der Waals surface area (Å²) in [7, 11) is 0. The van der Waals surface area contributed by atoms with Crippen LogP contribution in [0.25, 0.3) is 0 Å². The molecule has 142 valence electrons. The molecule has 0 saturated heterocycles. The van der Waals surface area contributed by atoms with Crippen LogP contribution in [0.3, 0.4) is 0 Å². The first-order valence-corrected chi connectivity index (χ1v) is 9.54. The topological polar surface area (TPSA) is 87.0 Å². The lowest BCUT2D eigenvalue weighted by Crippen LogP contribution is -2.15. The minimum Gasteiger partial charge on any atom is -0.475 e. The molecular weight excluding hydrogens is 308 g/mol. The highest BCUT2D eigenvalue weighted by atomic mass is 16.7. The minimum atomic E-state index is -2.08. The third-order valence-electron chi connectivity index (χ3n) is 4.08. The Morgan fingerprint density at radius 2 is 1.25 bits per heavy atom. The number of allylic oxidation sites excluding steroid dienone is 1. The van der Waals surface area contributed by atoms with Crippen molar-refractivity contribution in [1.82, 2.24) is 0 Å². The number of rotatable bonds is 17. The van der Waals surface area contributed by atoms with Gasteiger partial charge in [0.05, 0.1) is 0 Å². The van der Waals surface area contributed by atoms with Gasteiger partial charge < -0.3 is 20.1 Å². The van der Waals surface area contributed by atoms with Gasteiger partial charge in [-0.15, -0.1) is 0 Å². The molecule has 0 rings (SSSR count). The largest absolute Gasteiger partial charge is 0.475 e. The molecule has 0 spiro atoms. The average Bonchev–Trinajstić information content (AvgIpc) is 2.53. The molecule has 0 fully saturated rings. The van der Waals surface area contributed by atoms with Crippen LogP contribution in [0.2, 0.25) is 0 Å². The summed E-state index contributed by atoms with van der Waals surface area (Å²) in [5.41, 5.74) is 0. The maximum Gasteiger partial charge on any atom is 0.371 e. The van der Waals surface area contributed by atoms with E-state index in [-0.39, 0.29) is 0 Å². The SMILES string of the molecule is CCCCCCCCCCCCCCCC=C(OC(O)O)C(=O)O. The fourth-order valence-corrected chi connectivity index (χ4v) is 2.69. The van der Waals surface area contributed by atoms with Crippen molar-refractivity contribution in [3.63, 3.8) is 0 Å². The highest BCUT2D eigenvalue weighted by Gasteiger charge is 2.11. The van der Waals surface area contributed by atoms with E-state index < -0.39 is 18.2 Å². The molecule has 0 aliphatic rings. The van der Waals surface area contributed by atoms with Crippen molar-refractivity contribution in [1.29, 1.82) is 0 Å². The van der Waals surface area contributed by atoms with E-state index in [9.17, 15) is 4.79 Å². The van der Waals surface area contributed by atoms with E-state index in [4.69, 9.17) is 15.3 Å². The maximum absolute atomic E-state index is 10.8. The number of hydrogen-bond acceptors (Lipinski definition) is 4. The van der Waals surface area contributed by atoms with Gasteiger partial charge >= 0.3 is 12.4 Å². The fraction of sp³-hybridized carbons (Fsp3) is 0.842. The summed E-state index contributed by atoms with van der Waals surface area (Å²) in [4.78, 5) is 10.8. The minimum absolute atomic E-state index is 0.399. The molecule has 0 bridgehead atoms. The van der Waals surface area contributed by atoms with Gasteiger partial charge in [-0.25, -0.2) is 4.79 Å². The lowest BCUT2D eigenvalue weighted by molar-refractivity contribution is -0.216. The van der Waals surface area contributed by atoms with E-state index in [1.807, 2.05) is 0 Å². The molecule has 0 atom stereocenters. The van der Waals surface area contributed by atoms with Crippen LogP contribution in [0, 0.1) is 0 Å². The van der Waals surface area contributed by atoms with Crippen LogP contribution < -0.4 is 0 Å². The van der Waals surface area contributed by atoms with Crippen LogP contribution in [-0.2, 0) is 9.53 Å². The second-order valence-electron chi connectivity index (χ2n) is 6.35. The van der Waals surface area contributed by atoms with Gasteiger partial charge in [-0.05, 0) is 18.9 Å². The van der Waals surface area contributed by atoms with Crippen molar-refractivity contribution < 1.29 is 24.9 Å². The summed E-state index contributed by atoms with van der Waals surface area (Å²) < 4.78 is 4.40. The monoisotopic (exact) mass is 344 g/mol. The van der Waals surface area contributed by atoms with Gasteiger partial charge in [0.15, 0.2) is 0 Å². The highest BCUT2D eigenvalue weighted by Crippen LogP contribution is 2.13. The zero-order chi connectivity index (χ0) is 18.0. The van der Waals surface area contributed by atoms with Gasteiger partial charge in [0.25, 0.3) is 0 Å². The Morgan fingerprint density at radius 1 is 0.833 bits per heavy atom. The molecule has 0 aliphatic carbocycles. The molecule has 0 aliphatic heterocycles. The van der Waals surface area contributed by atoms with Crippen molar-refractivity contribution in [2.24, 2.45) is 0 Å². The number of carbonyl (C=O) groups is 1. The molecule has 5 heteroatoms. The number of aliphatic hydroxyl groups is 2. The first-order chi connectivity index (χ1) is 11.6. The molecule has 0 heterocycles. The van der Waals surface area contributed by atoms with E-state index in [2.05, 4.69) is 11.7 Å². The molecule has 0 unspecified atom stereocenters. The molecule has 0 aromatic rings. The van der Waals surface area contributed by atoms with Gasteiger partial charge in [-0.3, -0.25) is 0 Å². The van der Waals surface area contributed by atoms with E-state index in [0.29, 0.717) is 6.42 Å². The summed E-state index contributed by atoms with van der Waals surface area (Å²) in [5, 5.41) is 26.0. The summed E-state index contributed by atoms with van der Waals surface area (Å²) in [6.45, 7) is 0.160. The smallest absolute Gasteiger partial charge is 0.371 e. The van der Waals surface area contributed by atoms with Gasteiger partial charge in [0.2, 0.25) is 5.76 Å². The number of ether oxygens (including phenoxy) is 1. The van der Waals surface area contributed by atoms with Gasteiger partial charge in [-0.2, -0.15) is 0 Å². The summed E-state index contributed by atoms with van der Waals surface area (Å²) >= 11 is 0. The van der Waals surface area contributed by atoms with E-state index in [1.54, 1.807) is 0 Å². The van der Waals surface area contributed by atoms with Gasteiger partial charge in [0, 0.05) is 0 Å². The lowest BCUT2D eigenvalue weighted by Gasteiger charge is -2.07. The van der Waals surface area contributed by atoms with Gasteiger partial charge in [0.1, 0.15) is 0 Å². The fourth-order valence-electron chi connectivity index (χ4n) is 2.69. The van der Waals surface area contributed by atoms with Crippen molar-refractivity contribution in [3.8, 4) is 0 Å².